The molecular formula is C21H19ClN2O4. The maximum atomic E-state index is 12.2. The van der Waals surface area contributed by atoms with Crippen molar-refractivity contribution in [2.75, 3.05) is 11.9 Å². The average Bonchev–Trinajstić information content (AvgIpc) is 2.67. The lowest BCUT2D eigenvalue weighted by molar-refractivity contribution is -0.148. The summed E-state index contributed by atoms with van der Waals surface area (Å²) in [6.07, 6.45) is 0.295. The Morgan fingerprint density at radius 3 is 2.57 bits per heavy atom. The van der Waals surface area contributed by atoms with Crippen LogP contribution in [0.4, 0.5) is 5.69 Å². The summed E-state index contributed by atoms with van der Waals surface area (Å²) < 4.78 is 10.4. The van der Waals surface area contributed by atoms with Gasteiger partial charge in [-0.1, -0.05) is 29.8 Å². The number of nitriles is 1. The second-order valence-corrected chi connectivity index (χ2v) is 6.16. The summed E-state index contributed by atoms with van der Waals surface area (Å²) >= 11 is 5.87. The summed E-state index contributed by atoms with van der Waals surface area (Å²) in [5.41, 5.74) is 0.894. The van der Waals surface area contributed by atoms with E-state index in [-0.39, 0.29) is 5.57 Å². The molecule has 0 saturated carbocycles. The first-order valence-electron chi connectivity index (χ1n) is 8.55. The number of carbonyl (C=O) groups is 2. The van der Waals surface area contributed by atoms with Crippen LogP contribution in [-0.2, 0) is 14.3 Å². The zero-order chi connectivity index (χ0) is 20.5. The number of nitrogens with zero attached hydrogens (tertiary/aromatic N) is 1. The summed E-state index contributed by atoms with van der Waals surface area (Å²) in [5, 5.41) is 12.3. The van der Waals surface area contributed by atoms with Gasteiger partial charge in [-0.3, -0.25) is 4.79 Å². The molecule has 6 nitrogen and oxygen atoms in total. The Morgan fingerprint density at radius 2 is 1.96 bits per heavy atom. The van der Waals surface area contributed by atoms with Crippen LogP contribution in [-0.4, -0.2) is 24.6 Å². The normalized spacial score (nSPS) is 11.9. The molecule has 28 heavy (non-hydrogen) atoms. The Kier molecular flexibility index (Phi) is 7.61. The summed E-state index contributed by atoms with van der Waals surface area (Å²) in [5.74, 6) is -0.730. The quantitative estimate of drug-likeness (QED) is 0.428. The second kappa shape index (κ2) is 10.1. The molecule has 1 amide bonds. The van der Waals surface area contributed by atoms with Crippen molar-refractivity contribution in [3.05, 3.63) is 64.7 Å². The standard InChI is InChI=1S/C21H19ClN2O4/c1-3-27-19-9-7-15(8-10-19)11-16(13-23)21(26)28-14(2)20(25)24-18-6-4-5-17(22)12-18/h4-12,14H,3H2,1-2H3,(H,24,25)/b16-11+/t14-/m1/s1. The van der Waals surface area contributed by atoms with Gasteiger partial charge in [0.25, 0.3) is 5.91 Å². The van der Waals surface area contributed by atoms with Gasteiger partial charge < -0.3 is 14.8 Å². The Bertz CT molecular complexity index is 917. The van der Waals surface area contributed by atoms with Crippen LogP contribution in [0.15, 0.2) is 54.1 Å². The summed E-state index contributed by atoms with van der Waals surface area (Å²) in [6, 6.07) is 15.3. The largest absolute Gasteiger partial charge is 0.494 e. The molecule has 0 aliphatic rings. The molecule has 0 spiro atoms. The van der Waals surface area contributed by atoms with E-state index in [1.54, 1.807) is 54.6 Å². The van der Waals surface area contributed by atoms with Gasteiger partial charge in [0.05, 0.1) is 6.61 Å². The molecule has 1 atom stereocenters. The molecule has 2 aromatic rings. The van der Waals surface area contributed by atoms with E-state index in [4.69, 9.17) is 21.1 Å². The van der Waals surface area contributed by atoms with Crippen molar-refractivity contribution in [1.82, 2.24) is 0 Å². The van der Waals surface area contributed by atoms with Gasteiger partial charge in [-0.15, -0.1) is 0 Å². The third kappa shape index (κ3) is 6.15. The van der Waals surface area contributed by atoms with Crippen LogP contribution < -0.4 is 10.1 Å². The summed E-state index contributed by atoms with van der Waals surface area (Å²) in [4.78, 5) is 24.4. The zero-order valence-corrected chi connectivity index (χ0v) is 16.2. The number of ether oxygens (including phenoxy) is 2. The van der Waals surface area contributed by atoms with E-state index in [2.05, 4.69) is 5.32 Å². The number of nitrogens with one attached hydrogen (secondary N) is 1. The van der Waals surface area contributed by atoms with Crippen LogP contribution in [0.1, 0.15) is 19.4 Å². The monoisotopic (exact) mass is 398 g/mol. The highest BCUT2D eigenvalue weighted by molar-refractivity contribution is 6.30. The highest BCUT2D eigenvalue weighted by atomic mass is 35.5. The van der Waals surface area contributed by atoms with E-state index in [0.717, 1.165) is 0 Å². The molecule has 0 aromatic heterocycles. The maximum Gasteiger partial charge on any atom is 0.349 e. The van der Waals surface area contributed by atoms with E-state index in [1.165, 1.54) is 13.0 Å². The van der Waals surface area contributed by atoms with Gasteiger partial charge in [-0.05, 0) is 55.8 Å². The second-order valence-electron chi connectivity index (χ2n) is 5.72. The minimum absolute atomic E-state index is 0.216. The highest BCUT2D eigenvalue weighted by Crippen LogP contribution is 2.17. The van der Waals surface area contributed by atoms with Crippen molar-refractivity contribution >= 4 is 35.2 Å². The third-order valence-corrected chi connectivity index (χ3v) is 3.82. The summed E-state index contributed by atoms with van der Waals surface area (Å²) in [7, 11) is 0. The topological polar surface area (TPSA) is 88.4 Å². The smallest absolute Gasteiger partial charge is 0.349 e. The van der Waals surface area contributed by atoms with Crippen molar-refractivity contribution in [2.45, 2.75) is 20.0 Å². The molecule has 0 radical (unpaired) electrons. The van der Waals surface area contributed by atoms with Crippen molar-refractivity contribution in [2.24, 2.45) is 0 Å². The van der Waals surface area contributed by atoms with Crippen LogP contribution in [0.2, 0.25) is 5.02 Å². The number of anilines is 1. The van der Waals surface area contributed by atoms with Gasteiger partial charge in [0.1, 0.15) is 17.4 Å². The van der Waals surface area contributed by atoms with Gasteiger partial charge in [-0.2, -0.15) is 5.26 Å². The van der Waals surface area contributed by atoms with Crippen molar-refractivity contribution < 1.29 is 19.1 Å². The molecule has 1 N–H and O–H groups in total. The van der Waals surface area contributed by atoms with Crippen LogP contribution in [0, 0.1) is 11.3 Å². The molecule has 0 heterocycles. The van der Waals surface area contributed by atoms with Crippen LogP contribution in [0.25, 0.3) is 6.08 Å². The SMILES string of the molecule is CCOc1ccc(/C=C(\C#N)C(=O)O[C@H](C)C(=O)Nc2cccc(Cl)c2)cc1. The molecule has 0 aliphatic carbocycles. The molecule has 2 rings (SSSR count). The molecule has 0 bridgehead atoms. The summed E-state index contributed by atoms with van der Waals surface area (Å²) in [6.45, 7) is 3.84. The van der Waals surface area contributed by atoms with E-state index < -0.39 is 18.0 Å². The number of amides is 1. The molecule has 2 aromatic carbocycles. The number of benzene rings is 2. The Balaban J connectivity index is 2.02. The molecule has 0 fully saturated rings. The van der Waals surface area contributed by atoms with Crippen LogP contribution in [0.5, 0.6) is 5.75 Å². The third-order valence-electron chi connectivity index (χ3n) is 3.59. The number of hydrogen-bond donors (Lipinski definition) is 1. The number of esters is 1. The first-order valence-corrected chi connectivity index (χ1v) is 8.92. The predicted octanol–water partition coefficient (Wildman–Crippen LogP) is 4.22. The minimum Gasteiger partial charge on any atom is -0.494 e. The fourth-order valence-electron chi connectivity index (χ4n) is 2.22. The van der Waals surface area contributed by atoms with Gasteiger partial charge in [-0.25, -0.2) is 4.79 Å². The van der Waals surface area contributed by atoms with Crippen molar-refractivity contribution in [1.29, 1.82) is 5.26 Å². The van der Waals surface area contributed by atoms with E-state index in [1.807, 2.05) is 6.92 Å². The molecule has 0 saturated heterocycles. The van der Waals surface area contributed by atoms with Gasteiger partial charge >= 0.3 is 5.97 Å². The number of rotatable bonds is 7. The van der Waals surface area contributed by atoms with E-state index in [0.29, 0.717) is 28.6 Å². The first kappa shape index (κ1) is 21.0. The fourth-order valence-corrected chi connectivity index (χ4v) is 2.41. The molecule has 144 valence electrons. The average molecular weight is 399 g/mol. The van der Waals surface area contributed by atoms with Crippen LogP contribution >= 0.6 is 11.6 Å². The predicted molar refractivity (Wildman–Crippen MR) is 107 cm³/mol. The Morgan fingerprint density at radius 1 is 1.25 bits per heavy atom. The lowest BCUT2D eigenvalue weighted by Gasteiger charge is -2.13. The lowest BCUT2D eigenvalue weighted by atomic mass is 10.1. The Labute approximate surface area is 168 Å². The van der Waals surface area contributed by atoms with Crippen LogP contribution in [0.3, 0.4) is 0 Å². The van der Waals surface area contributed by atoms with Crippen molar-refractivity contribution in [3.63, 3.8) is 0 Å². The van der Waals surface area contributed by atoms with E-state index >= 15 is 0 Å². The lowest BCUT2D eigenvalue weighted by Crippen LogP contribution is -2.30. The Hall–Kier alpha value is -3.30. The zero-order valence-electron chi connectivity index (χ0n) is 15.4. The number of carbonyl (C=O) groups excluding carboxylic acids is 2. The molecule has 0 aliphatic heterocycles. The van der Waals surface area contributed by atoms with E-state index in [9.17, 15) is 14.9 Å². The maximum absolute atomic E-state index is 12.2. The number of halogens is 1. The highest BCUT2D eigenvalue weighted by Gasteiger charge is 2.20. The molecular weight excluding hydrogens is 380 g/mol. The first-order chi connectivity index (χ1) is 13.4. The molecule has 0 unspecified atom stereocenters. The van der Waals surface area contributed by atoms with Gasteiger partial charge in [0.2, 0.25) is 0 Å². The van der Waals surface area contributed by atoms with Crippen molar-refractivity contribution in [3.8, 4) is 11.8 Å². The fraction of sp³-hybridized carbons (Fsp3) is 0.190. The van der Waals surface area contributed by atoms with Gasteiger partial charge in [0.15, 0.2) is 6.10 Å². The molecule has 7 heteroatoms. The minimum atomic E-state index is -1.09. The van der Waals surface area contributed by atoms with Gasteiger partial charge in [0, 0.05) is 10.7 Å². The number of hydrogen-bond acceptors (Lipinski definition) is 5.